The molecule has 1 heterocycles. The molecule has 0 atom stereocenters. The lowest BCUT2D eigenvalue weighted by Crippen LogP contribution is -2.28. The van der Waals surface area contributed by atoms with Gasteiger partial charge < -0.3 is 20.5 Å². The van der Waals surface area contributed by atoms with Crippen molar-refractivity contribution in [3.8, 4) is 11.6 Å². The van der Waals surface area contributed by atoms with Gasteiger partial charge in [-0.2, -0.15) is 0 Å². The molecule has 3 aromatic rings. The second-order valence-corrected chi connectivity index (χ2v) is 7.20. The van der Waals surface area contributed by atoms with Crippen LogP contribution in [0.5, 0.6) is 11.6 Å². The second-order valence-electron chi connectivity index (χ2n) is 5.43. The summed E-state index contributed by atoms with van der Waals surface area (Å²) < 4.78 is 1.45. The van der Waals surface area contributed by atoms with Gasteiger partial charge in [0.25, 0.3) is 11.8 Å². The van der Waals surface area contributed by atoms with Gasteiger partial charge in [-0.15, -0.1) is 10.2 Å². The summed E-state index contributed by atoms with van der Waals surface area (Å²) in [4.78, 5) is 26.6. The normalized spacial score (nSPS) is 11.2. The van der Waals surface area contributed by atoms with Gasteiger partial charge in [0.05, 0.1) is 11.1 Å². The van der Waals surface area contributed by atoms with Crippen LogP contribution in [-0.4, -0.2) is 33.6 Å². The fraction of sp³-hybridized carbons (Fsp3) is 0.0588. The standard InChI is InChI=1S/C17H12Br2N4O4/c18-8-5-10-14(11(19)6-8)21-17(27)15(10)23-22-13(25)7-20-16(26)9-3-1-2-4-12(9)24/h1-6,21,24,27H,7H2,(H,20,26). The summed E-state index contributed by atoms with van der Waals surface area (Å²) in [6.45, 7) is -0.410. The maximum atomic E-state index is 12.0. The van der Waals surface area contributed by atoms with Gasteiger partial charge in [0.2, 0.25) is 5.88 Å². The number of phenols is 1. The minimum Gasteiger partial charge on any atom is -0.507 e. The molecule has 0 aliphatic carbocycles. The van der Waals surface area contributed by atoms with Crippen LogP contribution in [0.15, 0.2) is 55.6 Å². The smallest absolute Gasteiger partial charge is 0.283 e. The molecule has 0 spiro atoms. The number of nitrogens with one attached hydrogen (secondary N) is 2. The number of hydrogen-bond acceptors (Lipinski definition) is 5. The minimum absolute atomic E-state index is 0.0474. The van der Waals surface area contributed by atoms with Gasteiger partial charge in [-0.3, -0.25) is 9.59 Å². The van der Waals surface area contributed by atoms with Gasteiger partial charge in [0.1, 0.15) is 12.3 Å². The zero-order valence-corrected chi connectivity index (χ0v) is 16.7. The van der Waals surface area contributed by atoms with Crippen LogP contribution >= 0.6 is 31.9 Å². The predicted molar refractivity (Wildman–Crippen MR) is 105 cm³/mol. The molecular formula is C17H12Br2N4O4. The first-order chi connectivity index (χ1) is 12.9. The number of fused-ring (bicyclic) bond motifs is 1. The van der Waals surface area contributed by atoms with E-state index in [1.165, 1.54) is 12.1 Å². The van der Waals surface area contributed by atoms with Crippen molar-refractivity contribution in [2.24, 2.45) is 10.2 Å². The Labute approximate surface area is 169 Å². The fourth-order valence-electron chi connectivity index (χ4n) is 2.35. The fourth-order valence-corrected chi connectivity index (χ4v) is 3.68. The topological polar surface area (TPSA) is 127 Å². The van der Waals surface area contributed by atoms with E-state index in [1.807, 2.05) is 0 Å². The third kappa shape index (κ3) is 4.17. The summed E-state index contributed by atoms with van der Waals surface area (Å²) in [7, 11) is 0. The number of aromatic amines is 1. The molecule has 3 rings (SSSR count). The number of phenolic OH excluding ortho intramolecular Hbond substituents is 1. The number of hydrogen-bond donors (Lipinski definition) is 4. The van der Waals surface area contributed by atoms with Gasteiger partial charge in [0, 0.05) is 14.3 Å². The van der Waals surface area contributed by atoms with Crippen LogP contribution in [0.1, 0.15) is 10.4 Å². The Hall–Kier alpha value is -2.72. The quantitative estimate of drug-likeness (QED) is 0.405. The lowest BCUT2D eigenvalue weighted by atomic mass is 10.2. The number of carbonyl (C=O) groups excluding carboxylic acids is 2. The minimum atomic E-state index is -0.721. The molecule has 10 heteroatoms. The average molecular weight is 496 g/mol. The molecule has 8 nitrogen and oxygen atoms in total. The van der Waals surface area contributed by atoms with Crippen LogP contribution in [0.2, 0.25) is 0 Å². The number of amides is 2. The number of halogens is 2. The van der Waals surface area contributed by atoms with Crippen LogP contribution < -0.4 is 5.32 Å². The zero-order chi connectivity index (χ0) is 19.6. The lowest BCUT2D eigenvalue weighted by Gasteiger charge is -2.04. The highest BCUT2D eigenvalue weighted by atomic mass is 79.9. The van der Waals surface area contributed by atoms with Crippen molar-refractivity contribution >= 4 is 60.3 Å². The van der Waals surface area contributed by atoms with E-state index in [4.69, 9.17) is 0 Å². The Kier molecular flexibility index (Phi) is 5.57. The first kappa shape index (κ1) is 19.1. The largest absolute Gasteiger partial charge is 0.507 e. The number of carbonyl (C=O) groups is 2. The molecular weight excluding hydrogens is 484 g/mol. The Morgan fingerprint density at radius 2 is 1.89 bits per heavy atom. The highest BCUT2D eigenvalue weighted by Crippen LogP contribution is 2.40. The van der Waals surface area contributed by atoms with Crippen molar-refractivity contribution in [3.05, 3.63) is 50.9 Å². The number of H-pyrrole nitrogens is 1. The van der Waals surface area contributed by atoms with E-state index in [0.717, 1.165) is 4.47 Å². The maximum Gasteiger partial charge on any atom is 0.283 e. The molecule has 0 unspecified atom stereocenters. The van der Waals surface area contributed by atoms with Crippen LogP contribution in [0, 0.1) is 0 Å². The number of nitrogens with zero attached hydrogens (tertiary/aromatic N) is 2. The monoisotopic (exact) mass is 494 g/mol. The molecule has 2 aromatic carbocycles. The van der Waals surface area contributed by atoms with Crippen LogP contribution in [0.4, 0.5) is 5.69 Å². The highest BCUT2D eigenvalue weighted by molar-refractivity contribution is 9.11. The number of azo groups is 1. The Balaban J connectivity index is 1.72. The first-order valence-corrected chi connectivity index (χ1v) is 9.16. The van der Waals surface area contributed by atoms with E-state index < -0.39 is 18.4 Å². The Morgan fingerprint density at radius 1 is 1.15 bits per heavy atom. The van der Waals surface area contributed by atoms with Gasteiger partial charge in [-0.25, -0.2) is 0 Å². The molecule has 0 saturated carbocycles. The summed E-state index contributed by atoms with van der Waals surface area (Å²) >= 11 is 6.71. The lowest BCUT2D eigenvalue weighted by molar-refractivity contribution is -0.117. The summed E-state index contributed by atoms with van der Waals surface area (Å²) in [5.41, 5.74) is 0.753. The molecule has 0 fully saturated rings. The molecule has 138 valence electrons. The summed E-state index contributed by atoms with van der Waals surface area (Å²) in [6, 6.07) is 9.47. The van der Waals surface area contributed by atoms with Gasteiger partial charge in [-0.05, 0) is 40.2 Å². The van der Waals surface area contributed by atoms with Gasteiger partial charge in [0.15, 0.2) is 5.69 Å². The van der Waals surface area contributed by atoms with E-state index in [2.05, 4.69) is 52.4 Å². The van der Waals surface area contributed by atoms with Crippen molar-refractivity contribution in [2.45, 2.75) is 0 Å². The molecule has 4 N–H and O–H groups in total. The van der Waals surface area contributed by atoms with Crippen molar-refractivity contribution in [3.63, 3.8) is 0 Å². The van der Waals surface area contributed by atoms with Crippen LogP contribution in [-0.2, 0) is 4.79 Å². The van der Waals surface area contributed by atoms with Crippen molar-refractivity contribution in [1.82, 2.24) is 10.3 Å². The summed E-state index contributed by atoms with van der Waals surface area (Å²) in [6.07, 6.45) is 0. The third-order valence-electron chi connectivity index (χ3n) is 3.59. The maximum absolute atomic E-state index is 12.0. The highest BCUT2D eigenvalue weighted by Gasteiger charge is 2.15. The molecule has 27 heavy (non-hydrogen) atoms. The van der Waals surface area contributed by atoms with E-state index >= 15 is 0 Å². The number of aromatic nitrogens is 1. The summed E-state index contributed by atoms with van der Waals surface area (Å²) in [5, 5.41) is 29.9. The predicted octanol–water partition coefficient (Wildman–Crippen LogP) is 4.14. The Bertz CT molecular complexity index is 1080. The van der Waals surface area contributed by atoms with Crippen molar-refractivity contribution in [1.29, 1.82) is 0 Å². The van der Waals surface area contributed by atoms with E-state index in [-0.39, 0.29) is 22.9 Å². The zero-order valence-electron chi connectivity index (χ0n) is 13.5. The molecule has 1 aromatic heterocycles. The SMILES string of the molecule is O=C(CNC(=O)c1ccccc1O)N=Nc1c(O)[nH]c2c(Br)cc(Br)cc12. The van der Waals surface area contributed by atoms with E-state index in [0.29, 0.717) is 15.4 Å². The van der Waals surface area contributed by atoms with Crippen molar-refractivity contribution < 1.29 is 19.8 Å². The van der Waals surface area contributed by atoms with Crippen LogP contribution in [0.25, 0.3) is 10.9 Å². The molecule has 0 aliphatic heterocycles. The number of benzene rings is 2. The number of rotatable bonds is 4. The first-order valence-electron chi connectivity index (χ1n) is 7.57. The molecule has 0 saturated heterocycles. The Morgan fingerprint density at radius 3 is 2.63 bits per heavy atom. The van der Waals surface area contributed by atoms with Crippen molar-refractivity contribution in [2.75, 3.05) is 6.54 Å². The molecule has 0 radical (unpaired) electrons. The number of aromatic hydroxyl groups is 2. The van der Waals surface area contributed by atoms with E-state index in [1.54, 1.807) is 24.3 Å². The second kappa shape index (κ2) is 7.89. The average Bonchev–Trinajstić information content (AvgIpc) is 2.94. The van der Waals surface area contributed by atoms with Gasteiger partial charge in [-0.1, -0.05) is 28.1 Å². The third-order valence-corrected chi connectivity index (χ3v) is 4.67. The van der Waals surface area contributed by atoms with Gasteiger partial charge >= 0.3 is 0 Å². The number of para-hydroxylation sites is 1. The summed E-state index contributed by atoms with van der Waals surface area (Å²) in [5.74, 6) is -1.76. The van der Waals surface area contributed by atoms with E-state index in [9.17, 15) is 19.8 Å². The molecule has 0 bridgehead atoms. The van der Waals surface area contributed by atoms with Crippen LogP contribution in [0.3, 0.4) is 0 Å². The molecule has 2 amide bonds. The molecule has 0 aliphatic rings.